The second-order valence-corrected chi connectivity index (χ2v) is 8.62. The number of anilines is 1. The zero-order valence-corrected chi connectivity index (χ0v) is 20.2. The van der Waals surface area contributed by atoms with Crippen LogP contribution in [0.3, 0.4) is 0 Å². The molecule has 0 unspecified atom stereocenters. The van der Waals surface area contributed by atoms with Gasteiger partial charge in [0.25, 0.3) is 5.91 Å². The van der Waals surface area contributed by atoms with Crippen molar-refractivity contribution in [2.24, 2.45) is 0 Å². The van der Waals surface area contributed by atoms with Crippen molar-refractivity contribution in [2.45, 2.75) is 33.9 Å². The third kappa shape index (κ3) is 5.08. The Bertz CT molecular complexity index is 1350. The number of ether oxygens (including phenoxy) is 1. The Hall–Kier alpha value is -3.36. The normalized spacial score (nSPS) is 11.0. The zero-order chi connectivity index (χ0) is 24.4. The summed E-state index contributed by atoms with van der Waals surface area (Å²) in [5.74, 6) is 0.233. The van der Waals surface area contributed by atoms with Crippen molar-refractivity contribution in [3.63, 3.8) is 0 Å². The number of carbonyl (C=O) groups is 1. The molecule has 0 aliphatic heterocycles. The fourth-order valence-electron chi connectivity index (χ4n) is 3.43. The Morgan fingerprint density at radius 1 is 1.15 bits per heavy atom. The number of nitrogens with zero attached hydrogens (tertiary/aromatic N) is 3. The number of hydrogen-bond acceptors (Lipinski definition) is 5. The molecule has 2 aromatic carbocycles. The van der Waals surface area contributed by atoms with Crippen molar-refractivity contribution in [2.75, 3.05) is 5.32 Å². The Morgan fingerprint density at radius 2 is 1.94 bits per heavy atom. The molecule has 34 heavy (non-hydrogen) atoms. The quantitative estimate of drug-likeness (QED) is 0.329. The lowest BCUT2D eigenvalue weighted by Crippen LogP contribution is -2.16. The molecule has 10 heteroatoms. The van der Waals surface area contributed by atoms with Crippen LogP contribution in [0.2, 0.25) is 10.0 Å². The van der Waals surface area contributed by atoms with Crippen molar-refractivity contribution in [3.05, 3.63) is 92.2 Å². The van der Waals surface area contributed by atoms with Crippen molar-refractivity contribution >= 4 is 34.9 Å². The number of halogens is 3. The van der Waals surface area contributed by atoms with Gasteiger partial charge in [-0.1, -0.05) is 52.1 Å². The second kappa shape index (κ2) is 9.87. The molecule has 4 rings (SSSR count). The number of aromatic nitrogens is 3. The molecular formula is C24H21Cl2FN4O3. The Labute approximate surface area is 205 Å². The molecule has 2 aromatic heterocycles. The summed E-state index contributed by atoms with van der Waals surface area (Å²) in [7, 11) is 0. The van der Waals surface area contributed by atoms with Crippen LogP contribution in [0.25, 0.3) is 0 Å². The van der Waals surface area contributed by atoms with Crippen LogP contribution in [-0.2, 0) is 13.2 Å². The summed E-state index contributed by atoms with van der Waals surface area (Å²) < 4.78 is 26.6. The highest BCUT2D eigenvalue weighted by molar-refractivity contribution is 6.33. The molecule has 1 N–H and O–H groups in total. The van der Waals surface area contributed by atoms with E-state index in [9.17, 15) is 9.18 Å². The Morgan fingerprint density at radius 3 is 2.68 bits per heavy atom. The van der Waals surface area contributed by atoms with Crippen LogP contribution in [0.5, 0.6) is 5.75 Å². The second-order valence-electron chi connectivity index (χ2n) is 7.80. The standard InChI is InChI=1S/C24H21Cl2FN4O3/c1-13-7-8-21(14(2)9-13)33-12-17-15(3)34-30-22(17)24(32)28-23-19(26)11-31(29-23)10-16-18(25)5-4-6-20(16)27/h4-9,11H,10,12H2,1-3H3,(H,28,29,32). The number of rotatable bonds is 7. The molecule has 7 nitrogen and oxygen atoms in total. The lowest BCUT2D eigenvalue weighted by atomic mass is 10.1. The summed E-state index contributed by atoms with van der Waals surface area (Å²) in [5.41, 5.74) is 2.93. The number of amides is 1. The van der Waals surface area contributed by atoms with Crippen molar-refractivity contribution in [1.29, 1.82) is 0 Å². The maximum Gasteiger partial charge on any atom is 0.279 e. The van der Waals surface area contributed by atoms with Gasteiger partial charge in [0.15, 0.2) is 11.5 Å². The van der Waals surface area contributed by atoms with Crippen molar-refractivity contribution < 1.29 is 18.4 Å². The molecule has 4 aromatic rings. The van der Waals surface area contributed by atoms with Gasteiger partial charge in [0.2, 0.25) is 0 Å². The van der Waals surface area contributed by atoms with Gasteiger partial charge in [-0.05, 0) is 44.5 Å². The molecular weight excluding hydrogens is 482 g/mol. The van der Waals surface area contributed by atoms with Gasteiger partial charge in [0.1, 0.15) is 29.0 Å². The van der Waals surface area contributed by atoms with Crippen LogP contribution < -0.4 is 10.1 Å². The van der Waals surface area contributed by atoms with E-state index in [2.05, 4.69) is 15.6 Å². The van der Waals surface area contributed by atoms with Gasteiger partial charge >= 0.3 is 0 Å². The summed E-state index contributed by atoms with van der Waals surface area (Å²) >= 11 is 12.3. The van der Waals surface area contributed by atoms with E-state index in [0.29, 0.717) is 17.1 Å². The predicted octanol–water partition coefficient (Wildman–Crippen LogP) is 6.12. The molecule has 0 spiro atoms. The number of aryl methyl sites for hydroxylation is 3. The number of hydrogen-bond donors (Lipinski definition) is 1. The first kappa shape index (κ1) is 23.8. The summed E-state index contributed by atoms with van der Waals surface area (Å²) in [4.78, 5) is 12.9. The van der Waals surface area contributed by atoms with Crippen LogP contribution in [0, 0.1) is 26.6 Å². The molecule has 0 atom stereocenters. The Kier molecular flexibility index (Phi) is 6.90. The number of carbonyl (C=O) groups excluding carboxylic acids is 1. The lowest BCUT2D eigenvalue weighted by Gasteiger charge is -2.10. The molecule has 0 saturated carbocycles. The SMILES string of the molecule is Cc1ccc(OCc2c(C(=O)Nc3nn(Cc4c(F)cccc4Cl)cc3Cl)noc2C)c(C)c1. The molecule has 0 aliphatic carbocycles. The minimum Gasteiger partial charge on any atom is -0.488 e. The van der Waals surface area contributed by atoms with Crippen LogP contribution >= 0.6 is 23.2 Å². The van der Waals surface area contributed by atoms with Gasteiger partial charge in [-0.15, -0.1) is 0 Å². The highest BCUT2D eigenvalue weighted by Crippen LogP contribution is 2.26. The molecule has 0 bridgehead atoms. The van der Waals surface area contributed by atoms with E-state index < -0.39 is 11.7 Å². The molecule has 176 valence electrons. The van der Waals surface area contributed by atoms with Crippen molar-refractivity contribution in [1.82, 2.24) is 14.9 Å². The van der Waals surface area contributed by atoms with Gasteiger partial charge < -0.3 is 14.6 Å². The zero-order valence-electron chi connectivity index (χ0n) is 18.7. The smallest absolute Gasteiger partial charge is 0.279 e. The first-order chi connectivity index (χ1) is 16.2. The van der Waals surface area contributed by atoms with Crippen LogP contribution in [0.1, 0.15) is 38.5 Å². The van der Waals surface area contributed by atoms with E-state index in [0.717, 1.165) is 11.1 Å². The van der Waals surface area contributed by atoms with E-state index in [4.69, 9.17) is 32.5 Å². The van der Waals surface area contributed by atoms with Crippen LogP contribution in [0.4, 0.5) is 10.2 Å². The minimum atomic E-state index is -0.563. The average Bonchev–Trinajstić information content (AvgIpc) is 3.32. The van der Waals surface area contributed by atoms with Gasteiger partial charge in [-0.2, -0.15) is 5.10 Å². The summed E-state index contributed by atoms with van der Waals surface area (Å²) in [6.07, 6.45) is 1.47. The topological polar surface area (TPSA) is 82.2 Å². The lowest BCUT2D eigenvalue weighted by molar-refractivity contribution is 0.101. The maximum absolute atomic E-state index is 14.1. The maximum atomic E-state index is 14.1. The predicted molar refractivity (Wildman–Crippen MR) is 127 cm³/mol. The monoisotopic (exact) mass is 502 g/mol. The highest BCUT2D eigenvalue weighted by atomic mass is 35.5. The fraction of sp³-hybridized carbons (Fsp3) is 0.208. The van der Waals surface area contributed by atoms with E-state index in [-0.39, 0.29) is 40.3 Å². The fourth-order valence-corrected chi connectivity index (χ4v) is 3.85. The highest BCUT2D eigenvalue weighted by Gasteiger charge is 2.23. The molecule has 0 aliphatic rings. The first-order valence-corrected chi connectivity index (χ1v) is 11.1. The largest absolute Gasteiger partial charge is 0.488 e. The molecule has 2 heterocycles. The van der Waals surface area contributed by atoms with Gasteiger partial charge in [0.05, 0.1) is 12.1 Å². The summed E-state index contributed by atoms with van der Waals surface area (Å²) in [6, 6.07) is 10.2. The van der Waals surface area contributed by atoms with Crippen LogP contribution in [0.15, 0.2) is 47.1 Å². The molecule has 0 saturated heterocycles. The molecule has 1 amide bonds. The molecule has 0 radical (unpaired) electrons. The van der Waals surface area contributed by atoms with Gasteiger partial charge in [-0.25, -0.2) is 4.39 Å². The van der Waals surface area contributed by atoms with E-state index >= 15 is 0 Å². The summed E-state index contributed by atoms with van der Waals surface area (Å²) in [6.45, 7) is 5.78. The van der Waals surface area contributed by atoms with E-state index in [1.807, 2.05) is 32.0 Å². The first-order valence-electron chi connectivity index (χ1n) is 10.4. The third-order valence-electron chi connectivity index (χ3n) is 5.23. The minimum absolute atomic E-state index is 0.0408. The average molecular weight is 503 g/mol. The van der Waals surface area contributed by atoms with E-state index in [1.54, 1.807) is 13.0 Å². The van der Waals surface area contributed by atoms with Crippen LogP contribution in [-0.4, -0.2) is 20.8 Å². The van der Waals surface area contributed by atoms with Gasteiger partial charge in [0, 0.05) is 16.8 Å². The van der Waals surface area contributed by atoms with E-state index in [1.165, 1.54) is 23.0 Å². The summed E-state index contributed by atoms with van der Waals surface area (Å²) in [5, 5.41) is 11.2. The number of benzene rings is 2. The van der Waals surface area contributed by atoms with Crippen molar-refractivity contribution in [3.8, 4) is 5.75 Å². The number of nitrogens with one attached hydrogen (secondary N) is 1. The molecule has 0 fully saturated rings. The van der Waals surface area contributed by atoms with Gasteiger partial charge in [-0.3, -0.25) is 9.48 Å². The third-order valence-corrected chi connectivity index (χ3v) is 5.86. The Balaban J connectivity index is 1.49.